The predicted molar refractivity (Wildman–Crippen MR) is 167 cm³/mol. The minimum Gasteiger partial charge on any atom is -0.384 e. The molecule has 2 spiro atoms. The standard InChI is InChI=1S/C37H56O9/c1-19-9-11-27-23(5)29(39-32-36(27)25(19)13-15-34(7,41-32)43-45-36)17-21(3)31(38)22(4)18-30-24(6)28-12-10-20(2)26-14-16-35(8)42-33(40-30)37(26,28)46-44-35/h19-20,23-33,38H,3-4,9-18H2,1-2,5-8H3/t19-,20-,23-,24-,25+,26+,27+,28+,29-,30-,32-,33-,34+,35+,36-,37-/m1/s1. The van der Waals surface area contributed by atoms with Gasteiger partial charge in [-0.25, -0.2) is 19.6 Å². The van der Waals surface area contributed by atoms with E-state index in [1.54, 1.807) is 0 Å². The maximum absolute atomic E-state index is 11.6. The summed E-state index contributed by atoms with van der Waals surface area (Å²) in [6.45, 7) is 21.8. The van der Waals surface area contributed by atoms with Gasteiger partial charge in [0.1, 0.15) is 0 Å². The van der Waals surface area contributed by atoms with Crippen molar-refractivity contribution in [1.82, 2.24) is 0 Å². The molecule has 9 heteroatoms. The molecule has 9 nitrogen and oxygen atoms in total. The molecule has 0 aromatic rings. The Morgan fingerprint density at radius 2 is 1.04 bits per heavy atom. The quantitative estimate of drug-likeness (QED) is 0.249. The lowest BCUT2D eigenvalue weighted by molar-refractivity contribution is -0.571. The van der Waals surface area contributed by atoms with Crippen LogP contribution in [-0.2, 0) is 38.5 Å². The lowest BCUT2D eigenvalue weighted by Crippen LogP contribution is -2.70. The van der Waals surface area contributed by atoms with Gasteiger partial charge >= 0.3 is 0 Å². The van der Waals surface area contributed by atoms with Gasteiger partial charge in [-0.1, -0.05) is 40.9 Å². The number of rotatable bonds is 6. The first-order valence-electron chi connectivity index (χ1n) is 18.2. The number of aliphatic hydroxyl groups excluding tert-OH is 1. The molecule has 2 aliphatic carbocycles. The van der Waals surface area contributed by atoms with Crippen molar-refractivity contribution in [3.05, 3.63) is 24.3 Å². The van der Waals surface area contributed by atoms with E-state index in [9.17, 15) is 5.11 Å². The van der Waals surface area contributed by atoms with Crippen LogP contribution in [0, 0.1) is 47.3 Å². The van der Waals surface area contributed by atoms with Gasteiger partial charge in [0.05, 0.1) is 18.3 Å². The molecule has 258 valence electrons. The number of ether oxygens (including phenoxy) is 4. The van der Waals surface area contributed by atoms with Crippen LogP contribution in [0.25, 0.3) is 0 Å². The molecule has 8 aliphatic heterocycles. The fraction of sp³-hybridized carbons (Fsp3) is 0.892. The molecule has 46 heavy (non-hydrogen) atoms. The molecule has 0 radical (unpaired) electrons. The molecule has 10 fully saturated rings. The molecule has 16 atom stereocenters. The third kappa shape index (κ3) is 4.59. The Labute approximate surface area is 274 Å². The fourth-order valence-corrected chi connectivity index (χ4v) is 11.5. The second kappa shape index (κ2) is 11.1. The first-order chi connectivity index (χ1) is 21.8. The van der Waals surface area contributed by atoms with Crippen LogP contribution in [0.15, 0.2) is 24.3 Å². The highest BCUT2D eigenvalue weighted by Gasteiger charge is 2.70. The van der Waals surface area contributed by atoms with E-state index in [2.05, 4.69) is 40.9 Å². The van der Waals surface area contributed by atoms with Gasteiger partial charge in [0.2, 0.25) is 11.6 Å². The molecule has 1 N–H and O–H groups in total. The van der Waals surface area contributed by atoms with Gasteiger partial charge in [-0.05, 0) is 112 Å². The Balaban J connectivity index is 0.962. The van der Waals surface area contributed by atoms with Crippen molar-refractivity contribution in [2.45, 2.75) is 159 Å². The number of aliphatic hydroxyl groups is 1. The Morgan fingerprint density at radius 1 is 0.630 bits per heavy atom. The zero-order valence-electron chi connectivity index (χ0n) is 28.7. The Bertz CT molecular complexity index is 1150. The van der Waals surface area contributed by atoms with Gasteiger partial charge in [-0.15, -0.1) is 0 Å². The molecule has 8 saturated heterocycles. The van der Waals surface area contributed by atoms with Gasteiger partial charge in [-0.3, -0.25) is 0 Å². The third-order valence-corrected chi connectivity index (χ3v) is 14.3. The van der Waals surface area contributed by atoms with E-state index in [0.29, 0.717) is 47.7 Å². The summed E-state index contributed by atoms with van der Waals surface area (Å²) in [5.41, 5.74) is 0.225. The molecule has 0 aromatic carbocycles. The van der Waals surface area contributed by atoms with Crippen LogP contribution in [0.4, 0.5) is 0 Å². The lowest BCUT2D eigenvalue weighted by Gasteiger charge is -2.60. The monoisotopic (exact) mass is 644 g/mol. The average molecular weight is 645 g/mol. The maximum atomic E-state index is 11.6. The average Bonchev–Trinajstić information content (AvgIpc) is 3.39. The maximum Gasteiger partial charge on any atom is 0.201 e. The van der Waals surface area contributed by atoms with Gasteiger partial charge in [0, 0.05) is 24.7 Å². The lowest BCUT2D eigenvalue weighted by atomic mass is 9.57. The first kappa shape index (κ1) is 32.3. The molecule has 0 amide bonds. The van der Waals surface area contributed by atoms with Crippen molar-refractivity contribution in [2.24, 2.45) is 47.3 Å². The van der Waals surface area contributed by atoms with Crippen LogP contribution in [0.1, 0.15) is 106 Å². The van der Waals surface area contributed by atoms with Crippen LogP contribution >= 0.6 is 0 Å². The minimum atomic E-state index is -0.871. The molecule has 4 bridgehead atoms. The topological polar surface area (TPSA) is 94.1 Å². The van der Waals surface area contributed by atoms with Crippen molar-refractivity contribution in [3.63, 3.8) is 0 Å². The van der Waals surface area contributed by atoms with E-state index in [4.69, 9.17) is 38.5 Å². The summed E-state index contributed by atoms with van der Waals surface area (Å²) in [6, 6.07) is 0. The van der Waals surface area contributed by atoms with Crippen molar-refractivity contribution in [1.29, 1.82) is 0 Å². The van der Waals surface area contributed by atoms with Crippen molar-refractivity contribution < 1.29 is 43.6 Å². The fourth-order valence-electron chi connectivity index (χ4n) is 11.5. The highest BCUT2D eigenvalue weighted by molar-refractivity contribution is 5.22. The van der Waals surface area contributed by atoms with Gasteiger partial charge < -0.3 is 24.1 Å². The largest absolute Gasteiger partial charge is 0.384 e. The summed E-state index contributed by atoms with van der Waals surface area (Å²) in [7, 11) is 0. The summed E-state index contributed by atoms with van der Waals surface area (Å²) in [6.07, 6.45) is 6.82. The highest BCUT2D eigenvalue weighted by Crippen LogP contribution is 2.62. The second-order valence-corrected chi connectivity index (χ2v) is 17.0. The van der Waals surface area contributed by atoms with E-state index in [1.807, 2.05) is 13.8 Å². The molecular formula is C37H56O9. The predicted octanol–water partition coefficient (Wildman–Crippen LogP) is 6.74. The van der Waals surface area contributed by atoms with E-state index in [1.165, 1.54) is 0 Å². The Hall–Kier alpha value is -0.880. The second-order valence-electron chi connectivity index (χ2n) is 17.0. The normalized spacial score (nSPS) is 55.7. The highest BCUT2D eigenvalue weighted by atomic mass is 17.3. The van der Waals surface area contributed by atoms with E-state index in [0.717, 1.165) is 51.4 Å². The summed E-state index contributed by atoms with van der Waals surface area (Å²) in [4.78, 5) is 24.6. The Kier molecular flexibility index (Phi) is 7.77. The molecule has 2 saturated carbocycles. The Morgan fingerprint density at radius 3 is 1.46 bits per heavy atom. The molecule has 10 rings (SSSR count). The SMILES string of the molecule is C=C(C[C@H]1O[C@@H]2O[C@]3(C)CC[C@H]4[C@H](C)CC[C@@H]([C@H]1C)[C@@]24OO3)C(O)C(=C)C[C@H]1O[C@@H]2O[C@]3(C)CC[C@H]4[C@H](C)CC[C@@H]([C@H]1C)[C@@]24OO3. The summed E-state index contributed by atoms with van der Waals surface area (Å²) in [5, 5.41) is 11.6. The summed E-state index contributed by atoms with van der Waals surface area (Å²) >= 11 is 0. The summed E-state index contributed by atoms with van der Waals surface area (Å²) in [5.74, 6) is 0.899. The van der Waals surface area contributed by atoms with Crippen LogP contribution in [0.3, 0.4) is 0 Å². The number of hydrogen-bond donors (Lipinski definition) is 1. The molecular weight excluding hydrogens is 588 g/mol. The van der Waals surface area contributed by atoms with Gasteiger partial charge in [-0.2, -0.15) is 0 Å². The zero-order chi connectivity index (χ0) is 32.4. The molecule has 0 unspecified atom stereocenters. The van der Waals surface area contributed by atoms with Crippen molar-refractivity contribution >= 4 is 0 Å². The van der Waals surface area contributed by atoms with Crippen LogP contribution in [0.2, 0.25) is 0 Å². The van der Waals surface area contributed by atoms with Crippen LogP contribution in [0.5, 0.6) is 0 Å². The molecule has 10 aliphatic rings. The first-order valence-corrected chi connectivity index (χ1v) is 18.2. The van der Waals surface area contributed by atoms with E-state index < -0.39 is 41.5 Å². The van der Waals surface area contributed by atoms with Gasteiger partial charge in [0.25, 0.3) is 0 Å². The number of hydrogen-bond acceptors (Lipinski definition) is 9. The zero-order valence-corrected chi connectivity index (χ0v) is 28.7. The van der Waals surface area contributed by atoms with Crippen molar-refractivity contribution in [2.75, 3.05) is 0 Å². The van der Waals surface area contributed by atoms with Gasteiger partial charge in [0.15, 0.2) is 23.8 Å². The van der Waals surface area contributed by atoms with E-state index >= 15 is 0 Å². The minimum absolute atomic E-state index is 0.158. The third-order valence-electron chi connectivity index (χ3n) is 14.3. The molecule has 0 aromatic heterocycles. The van der Waals surface area contributed by atoms with Crippen LogP contribution in [-0.4, -0.2) is 58.8 Å². The van der Waals surface area contributed by atoms with E-state index in [-0.39, 0.29) is 35.9 Å². The summed E-state index contributed by atoms with van der Waals surface area (Å²) < 4.78 is 26.7. The smallest absolute Gasteiger partial charge is 0.201 e. The number of fused-ring (bicyclic) bond motifs is 4. The molecule has 8 heterocycles. The van der Waals surface area contributed by atoms with Crippen LogP contribution < -0.4 is 0 Å². The van der Waals surface area contributed by atoms with Crippen molar-refractivity contribution in [3.8, 4) is 0 Å².